The Morgan fingerprint density at radius 3 is 2.36 bits per heavy atom. The summed E-state index contributed by atoms with van der Waals surface area (Å²) in [5, 5.41) is 3.48. The molecule has 0 aliphatic heterocycles. The Labute approximate surface area is 65.1 Å². The number of ketones is 1. The average molecular weight is 156 g/mol. The lowest BCUT2D eigenvalue weighted by Crippen LogP contribution is -2.25. The van der Waals surface area contributed by atoms with Gasteiger partial charge in [-0.2, -0.15) is 0 Å². The summed E-state index contributed by atoms with van der Waals surface area (Å²) in [5.41, 5.74) is 13.1. The van der Waals surface area contributed by atoms with Crippen LogP contribution >= 0.6 is 0 Å². The maximum atomic E-state index is 10.5. The van der Waals surface area contributed by atoms with Crippen molar-refractivity contribution >= 4 is 11.7 Å². The van der Waals surface area contributed by atoms with Crippen LogP contribution in [0, 0.1) is 0 Å². The fourth-order valence-electron chi connectivity index (χ4n) is 0.490. The van der Waals surface area contributed by atoms with Crippen LogP contribution in [0.15, 0.2) is 16.9 Å². The van der Waals surface area contributed by atoms with Crippen LogP contribution in [0.1, 0.15) is 13.8 Å². The Balaban J connectivity index is 3.97. The van der Waals surface area contributed by atoms with E-state index in [1.165, 1.54) is 13.0 Å². The highest BCUT2D eigenvalue weighted by Gasteiger charge is 1.88. The zero-order chi connectivity index (χ0) is 8.85. The molecule has 0 aromatic heterocycles. The van der Waals surface area contributed by atoms with Crippen molar-refractivity contribution in [2.24, 2.45) is 16.6 Å². The summed E-state index contributed by atoms with van der Waals surface area (Å²) in [6.45, 7) is 3.13. The lowest BCUT2D eigenvalue weighted by atomic mass is 10.3. The molecule has 5 heteroatoms. The Hall–Kier alpha value is -1.52. The second-order valence-corrected chi connectivity index (χ2v) is 2.09. The number of carbonyl (C=O) groups excluding carboxylic acids is 1. The van der Waals surface area contributed by atoms with Crippen molar-refractivity contribution in [3.05, 3.63) is 11.8 Å². The van der Waals surface area contributed by atoms with Crippen molar-refractivity contribution < 1.29 is 4.79 Å². The van der Waals surface area contributed by atoms with Crippen molar-refractivity contribution in [2.45, 2.75) is 13.8 Å². The normalized spacial score (nSPS) is 10.5. The first-order valence-electron chi connectivity index (χ1n) is 3.06. The topological polar surface area (TPSA) is 93.5 Å². The van der Waals surface area contributed by atoms with Crippen molar-refractivity contribution in [2.75, 3.05) is 0 Å². The molecule has 0 aliphatic carbocycles. The summed E-state index contributed by atoms with van der Waals surface area (Å²) >= 11 is 0. The Morgan fingerprint density at radius 1 is 1.45 bits per heavy atom. The van der Waals surface area contributed by atoms with Gasteiger partial charge in [0.1, 0.15) is 0 Å². The number of nitrogens with two attached hydrogens (primary N) is 2. The molecule has 0 aromatic carbocycles. The number of rotatable bonds is 3. The highest BCUT2D eigenvalue weighted by Crippen LogP contribution is 1.85. The monoisotopic (exact) mass is 156 g/mol. The maximum Gasteiger partial charge on any atom is 0.208 e. The van der Waals surface area contributed by atoms with Crippen molar-refractivity contribution in [1.29, 1.82) is 0 Å². The fraction of sp³-hybridized carbons (Fsp3) is 0.333. The van der Waals surface area contributed by atoms with Crippen LogP contribution in [0.2, 0.25) is 0 Å². The Morgan fingerprint density at radius 2 is 2.00 bits per heavy atom. The molecule has 0 heterocycles. The quantitative estimate of drug-likeness (QED) is 0.217. The van der Waals surface area contributed by atoms with E-state index in [2.05, 4.69) is 10.5 Å². The fourth-order valence-corrected chi connectivity index (χ4v) is 0.490. The maximum absolute atomic E-state index is 10.5. The third-order valence-corrected chi connectivity index (χ3v) is 0.781. The molecule has 0 aromatic rings. The van der Waals surface area contributed by atoms with Gasteiger partial charge >= 0.3 is 0 Å². The summed E-state index contributed by atoms with van der Waals surface area (Å²) in [7, 11) is 0. The first kappa shape index (κ1) is 9.48. The Bertz CT molecular complexity index is 203. The number of carbonyl (C=O) groups is 1. The molecule has 0 aliphatic rings. The summed E-state index contributed by atoms with van der Waals surface area (Å²) in [6.07, 6.45) is 1.40. The van der Waals surface area contributed by atoms with Crippen LogP contribution in [-0.4, -0.2) is 11.7 Å². The number of allylic oxidation sites excluding steroid dienone is 2. The minimum Gasteiger partial charge on any atom is -0.369 e. The molecule has 0 spiro atoms. The highest BCUT2D eigenvalue weighted by atomic mass is 16.1. The number of hydrogen-bond donors (Lipinski definition) is 3. The second-order valence-electron chi connectivity index (χ2n) is 2.09. The van der Waals surface area contributed by atoms with Gasteiger partial charge < -0.3 is 11.5 Å². The van der Waals surface area contributed by atoms with E-state index >= 15 is 0 Å². The molecule has 0 rings (SSSR count). The van der Waals surface area contributed by atoms with Crippen LogP contribution in [-0.2, 0) is 4.79 Å². The van der Waals surface area contributed by atoms with Crippen molar-refractivity contribution in [3.8, 4) is 0 Å². The molecule has 0 saturated heterocycles. The largest absolute Gasteiger partial charge is 0.369 e. The van der Waals surface area contributed by atoms with E-state index < -0.39 is 0 Å². The van der Waals surface area contributed by atoms with Gasteiger partial charge in [-0.05, 0) is 13.8 Å². The number of hydrogen-bond acceptors (Lipinski definition) is 3. The van der Waals surface area contributed by atoms with Gasteiger partial charge in [-0.15, -0.1) is 5.10 Å². The minimum atomic E-state index is -0.0682. The first-order chi connectivity index (χ1) is 5.02. The van der Waals surface area contributed by atoms with Gasteiger partial charge in [0.2, 0.25) is 5.96 Å². The highest BCUT2D eigenvalue weighted by molar-refractivity contribution is 5.87. The summed E-state index contributed by atoms with van der Waals surface area (Å²) < 4.78 is 0. The number of hydrazone groups is 1. The molecule has 5 nitrogen and oxygen atoms in total. The zero-order valence-corrected chi connectivity index (χ0v) is 6.59. The Kier molecular flexibility index (Phi) is 3.72. The lowest BCUT2D eigenvalue weighted by Gasteiger charge is -1.97. The molecular formula is C6H12N4O. The van der Waals surface area contributed by atoms with Gasteiger partial charge in [0.15, 0.2) is 5.78 Å². The van der Waals surface area contributed by atoms with E-state index in [-0.39, 0.29) is 11.7 Å². The van der Waals surface area contributed by atoms with Gasteiger partial charge in [-0.1, -0.05) is 0 Å². The van der Waals surface area contributed by atoms with E-state index in [0.29, 0.717) is 5.70 Å². The van der Waals surface area contributed by atoms with Gasteiger partial charge in [0, 0.05) is 11.8 Å². The van der Waals surface area contributed by atoms with Crippen LogP contribution in [0.3, 0.4) is 0 Å². The molecule has 0 unspecified atom stereocenters. The third kappa shape index (κ3) is 6.36. The number of guanidine groups is 1. The molecule has 0 radical (unpaired) electrons. The molecule has 0 saturated carbocycles. The van der Waals surface area contributed by atoms with Crippen molar-refractivity contribution in [3.63, 3.8) is 0 Å². The van der Waals surface area contributed by atoms with E-state index in [4.69, 9.17) is 11.5 Å². The SMILES string of the molecule is CC(=O)/C=C(\C)NN=C(N)N. The molecule has 62 valence electrons. The lowest BCUT2D eigenvalue weighted by molar-refractivity contribution is -0.112. The zero-order valence-electron chi connectivity index (χ0n) is 6.59. The van der Waals surface area contributed by atoms with E-state index in [9.17, 15) is 4.79 Å². The molecule has 0 atom stereocenters. The third-order valence-electron chi connectivity index (χ3n) is 0.781. The summed E-state index contributed by atoms with van der Waals surface area (Å²) in [6, 6.07) is 0. The van der Waals surface area contributed by atoms with Crippen LogP contribution in [0.5, 0.6) is 0 Å². The molecule has 0 fully saturated rings. The average Bonchev–Trinajstić information content (AvgIpc) is 1.82. The minimum absolute atomic E-state index is 0.0548. The standard InChI is InChI=1S/C6H12N4O/c1-4(3-5(2)11)9-10-6(7)8/h3,9H,1-2H3,(H4,7,8,10)/b4-3+. The molecule has 11 heavy (non-hydrogen) atoms. The molecular weight excluding hydrogens is 144 g/mol. The van der Waals surface area contributed by atoms with E-state index in [1.807, 2.05) is 0 Å². The number of nitrogens with one attached hydrogen (secondary N) is 1. The van der Waals surface area contributed by atoms with Crippen molar-refractivity contribution in [1.82, 2.24) is 5.43 Å². The van der Waals surface area contributed by atoms with Gasteiger partial charge in [-0.25, -0.2) is 0 Å². The second kappa shape index (κ2) is 4.32. The predicted molar refractivity (Wildman–Crippen MR) is 43.4 cm³/mol. The predicted octanol–water partition coefficient (Wildman–Crippen LogP) is -0.743. The summed E-state index contributed by atoms with van der Waals surface area (Å²) in [4.78, 5) is 10.5. The van der Waals surface area contributed by atoms with Crippen LogP contribution in [0.4, 0.5) is 0 Å². The first-order valence-corrected chi connectivity index (χ1v) is 3.06. The molecule has 0 bridgehead atoms. The molecule has 5 N–H and O–H groups in total. The van der Waals surface area contributed by atoms with Gasteiger partial charge in [0.25, 0.3) is 0 Å². The van der Waals surface area contributed by atoms with Gasteiger partial charge in [0.05, 0.1) is 0 Å². The molecule has 0 amide bonds. The van der Waals surface area contributed by atoms with Crippen LogP contribution in [0.25, 0.3) is 0 Å². The summed E-state index contributed by atoms with van der Waals surface area (Å²) in [5.74, 6) is -0.123. The smallest absolute Gasteiger partial charge is 0.208 e. The van der Waals surface area contributed by atoms with E-state index in [1.54, 1.807) is 6.92 Å². The van der Waals surface area contributed by atoms with Gasteiger partial charge in [-0.3, -0.25) is 10.2 Å². The van der Waals surface area contributed by atoms with Crippen LogP contribution < -0.4 is 16.9 Å². The number of nitrogens with zero attached hydrogens (tertiary/aromatic N) is 1. The van der Waals surface area contributed by atoms with E-state index in [0.717, 1.165) is 0 Å².